The fourth-order valence-corrected chi connectivity index (χ4v) is 2.10. The van der Waals surface area contributed by atoms with Gasteiger partial charge in [-0.3, -0.25) is 0 Å². The highest BCUT2D eigenvalue weighted by atomic mass is 15.3. The van der Waals surface area contributed by atoms with Crippen LogP contribution in [-0.4, -0.2) is 9.97 Å². The summed E-state index contributed by atoms with van der Waals surface area (Å²) in [6, 6.07) is 20.0. The molecule has 0 saturated heterocycles. The third-order valence-electron chi connectivity index (χ3n) is 3.09. The Labute approximate surface area is 122 Å². The van der Waals surface area contributed by atoms with E-state index in [9.17, 15) is 0 Å². The van der Waals surface area contributed by atoms with Crippen molar-refractivity contribution in [1.82, 2.24) is 9.97 Å². The number of aromatic nitrogens is 2. The maximum absolute atomic E-state index is 5.37. The quantitative estimate of drug-likeness (QED) is 0.504. The standard InChI is InChI=1S/C16H15N5/c17-21-16-10-15(18-11-19-16)20-14-9-5-4-8-13(14)12-6-2-1-3-7-12/h1-11H,17H2,(H2,18,19,20,21). The summed E-state index contributed by atoms with van der Waals surface area (Å²) in [5, 5.41) is 3.30. The van der Waals surface area contributed by atoms with E-state index in [0.717, 1.165) is 16.8 Å². The van der Waals surface area contributed by atoms with E-state index in [1.165, 1.54) is 6.33 Å². The van der Waals surface area contributed by atoms with Gasteiger partial charge in [-0.2, -0.15) is 0 Å². The van der Waals surface area contributed by atoms with Crippen molar-refractivity contribution in [3.63, 3.8) is 0 Å². The Bertz CT molecular complexity index is 727. The summed E-state index contributed by atoms with van der Waals surface area (Å²) < 4.78 is 0. The molecule has 0 bridgehead atoms. The topological polar surface area (TPSA) is 75.9 Å². The maximum atomic E-state index is 5.37. The summed E-state index contributed by atoms with van der Waals surface area (Å²) in [7, 11) is 0. The van der Waals surface area contributed by atoms with E-state index in [1.54, 1.807) is 6.07 Å². The Morgan fingerprint density at radius 3 is 2.33 bits per heavy atom. The maximum Gasteiger partial charge on any atom is 0.145 e. The van der Waals surface area contributed by atoms with Crippen molar-refractivity contribution in [1.29, 1.82) is 0 Å². The number of para-hydroxylation sites is 1. The van der Waals surface area contributed by atoms with Gasteiger partial charge in [-0.15, -0.1) is 0 Å². The molecule has 0 fully saturated rings. The summed E-state index contributed by atoms with van der Waals surface area (Å²) in [5.74, 6) is 6.61. The normalized spacial score (nSPS) is 10.1. The number of nitrogens with one attached hydrogen (secondary N) is 2. The molecule has 0 aliphatic rings. The van der Waals surface area contributed by atoms with Crippen LogP contribution in [0.15, 0.2) is 67.0 Å². The Balaban J connectivity index is 1.96. The molecule has 0 radical (unpaired) electrons. The number of rotatable bonds is 4. The molecule has 5 nitrogen and oxygen atoms in total. The van der Waals surface area contributed by atoms with E-state index in [-0.39, 0.29) is 0 Å². The lowest BCUT2D eigenvalue weighted by molar-refractivity contribution is 1.14. The molecule has 2 aromatic carbocycles. The van der Waals surface area contributed by atoms with Gasteiger partial charge in [0.1, 0.15) is 18.0 Å². The summed E-state index contributed by atoms with van der Waals surface area (Å²) in [4.78, 5) is 8.19. The van der Waals surface area contributed by atoms with Gasteiger partial charge >= 0.3 is 0 Å². The Morgan fingerprint density at radius 1 is 0.810 bits per heavy atom. The number of hydrogen-bond acceptors (Lipinski definition) is 5. The fourth-order valence-electron chi connectivity index (χ4n) is 2.10. The van der Waals surface area contributed by atoms with Gasteiger partial charge in [-0.1, -0.05) is 48.5 Å². The first-order valence-corrected chi connectivity index (χ1v) is 6.57. The number of nitrogen functional groups attached to an aromatic ring is 1. The Hall–Kier alpha value is -2.92. The van der Waals surface area contributed by atoms with E-state index in [1.807, 2.05) is 36.4 Å². The Morgan fingerprint density at radius 2 is 1.52 bits per heavy atom. The number of hydrogen-bond donors (Lipinski definition) is 3. The van der Waals surface area contributed by atoms with Crippen molar-refractivity contribution < 1.29 is 0 Å². The minimum absolute atomic E-state index is 0.560. The molecule has 0 saturated carbocycles. The van der Waals surface area contributed by atoms with E-state index >= 15 is 0 Å². The van der Waals surface area contributed by atoms with Crippen LogP contribution in [0.25, 0.3) is 11.1 Å². The van der Waals surface area contributed by atoms with Gasteiger partial charge in [0.15, 0.2) is 0 Å². The second-order valence-electron chi connectivity index (χ2n) is 4.47. The number of hydrazine groups is 1. The summed E-state index contributed by atoms with van der Waals surface area (Å²) >= 11 is 0. The van der Waals surface area contributed by atoms with E-state index in [2.05, 4.69) is 38.9 Å². The van der Waals surface area contributed by atoms with Crippen LogP contribution in [0.1, 0.15) is 0 Å². The van der Waals surface area contributed by atoms with Crippen LogP contribution in [0.4, 0.5) is 17.3 Å². The van der Waals surface area contributed by atoms with Gasteiger partial charge in [-0.25, -0.2) is 15.8 Å². The number of anilines is 3. The van der Waals surface area contributed by atoms with Crippen LogP contribution in [0.5, 0.6) is 0 Å². The average Bonchev–Trinajstić information content (AvgIpc) is 2.56. The molecule has 0 amide bonds. The summed E-state index contributed by atoms with van der Waals surface area (Å²) in [5.41, 5.74) is 5.74. The first kappa shape index (κ1) is 13.1. The first-order chi connectivity index (χ1) is 10.4. The molecular formula is C16H15N5. The van der Waals surface area contributed by atoms with Crippen LogP contribution in [0.2, 0.25) is 0 Å². The van der Waals surface area contributed by atoms with Gasteiger partial charge in [-0.05, 0) is 11.6 Å². The summed E-state index contributed by atoms with van der Waals surface area (Å²) in [6.07, 6.45) is 1.46. The van der Waals surface area contributed by atoms with Gasteiger partial charge in [0, 0.05) is 17.3 Å². The molecule has 0 atom stereocenters. The van der Waals surface area contributed by atoms with Crippen molar-refractivity contribution in [3.8, 4) is 11.1 Å². The predicted octanol–water partition coefficient (Wildman–Crippen LogP) is 3.17. The third kappa shape index (κ3) is 2.98. The van der Waals surface area contributed by atoms with Gasteiger partial charge < -0.3 is 10.7 Å². The van der Waals surface area contributed by atoms with E-state index in [0.29, 0.717) is 11.6 Å². The lowest BCUT2D eigenvalue weighted by atomic mass is 10.0. The van der Waals surface area contributed by atoms with Crippen LogP contribution >= 0.6 is 0 Å². The van der Waals surface area contributed by atoms with Gasteiger partial charge in [0.2, 0.25) is 0 Å². The molecule has 1 heterocycles. The second kappa shape index (κ2) is 6.02. The highest BCUT2D eigenvalue weighted by Gasteiger charge is 2.05. The third-order valence-corrected chi connectivity index (χ3v) is 3.09. The highest BCUT2D eigenvalue weighted by Crippen LogP contribution is 2.29. The van der Waals surface area contributed by atoms with Gasteiger partial charge in [0.05, 0.1) is 0 Å². The zero-order valence-corrected chi connectivity index (χ0v) is 11.3. The smallest absolute Gasteiger partial charge is 0.145 e. The fraction of sp³-hybridized carbons (Fsp3) is 0. The van der Waals surface area contributed by atoms with Crippen molar-refractivity contribution in [2.45, 2.75) is 0 Å². The number of nitrogens with two attached hydrogens (primary N) is 1. The lowest BCUT2D eigenvalue weighted by Gasteiger charge is -2.12. The molecule has 0 aliphatic carbocycles. The molecule has 0 aliphatic heterocycles. The van der Waals surface area contributed by atoms with Crippen LogP contribution < -0.4 is 16.6 Å². The largest absolute Gasteiger partial charge is 0.340 e. The molecule has 1 aromatic heterocycles. The zero-order chi connectivity index (χ0) is 14.5. The molecule has 4 N–H and O–H groups in total. The Kier molecular flexibility index (Phi) is 3.75. The second-order valence-corrected chi connectivity index (χ2v) is 4.47. The molecule has 5 heteroatoms. The predicted molar refractivity (Wildman–Crippen MR) is 85.0 cm³/mol. The van der Waals surface area contributed by atoms with E-state index < -0.39 is 0 Å². The monoisotopic (exact) mass is 277 g/mol. The molecule has 3 aromatic rings. The molecule has 0 spiro atoms. The highest BCUT2D eigenvalue weighted by molar-refractivity contribution is 5.80. The van der Waals surface area contributed by atoms with Crippen molar-refractivity contribution >= 4 is 17.3 Å². The van der Waals surface area contributed by atoms with Gasteiger partial charge in [0.25, 0.3) is 0 Å². The van der Waals surface area contributed by atoms with Crippen LogP contribution in [-0.2, 0) is 0 Å². The van der Waals surface area contributed by atoms with E-state index in [4.69, 9.17) is 5.84 Å². The molecule has 3 rings (SSSR count). The SMILES string of the molecule is NNc1cc(Nc2ccccc2-c2ccccc2)ncn1. The van der Waals surface area contributed by atoms with Crippen molar-refractivity contribution in [2.75, 3.05) is 10.7 Å². The average molecular weight is 277 g/mol. The molecular weight excluding hydrogens is 262 g/mol. The lowest BCUT2D eigenvalue weighted by Crippen LogP contribution is -2.09. The molecule has 21 heavy (non-hydrogen) atoms. The van der Waals surface area contributed by atoms with Crippen molar-refractivity contribution in [2.24, 2.45) is 5.84 Å². The minimum Gasteiger partial charge on any atom is -0.340 e. The zero-order valence-electron chi connectivity index (χ0n) is 11.3. The van der Waals surface area contributed by atoms with Crippen LogP contribution in [0, 0.1) is 0 Å². The number of nitrogens with zero attached hydrogens (tertiary/aromatic N) is 2. The first-order valence-electron chi connectivity index (χ1n) is 6.57. The van der Waals surface area contributed by atoms with Crippen molar-refractivity contribution in [3.05, 3.63) is 67.0 Å². The minimum atomic E-state index is 0.560. The number of benzene rings is 2. The summed E-state index contributed by atoms with van der Waals surface area (Å²) in [6.45, 7) is 0. The molecule has 0 unspecified atom stereocenters. The van der Waals surface area contributed by atoms with Crippen LogP contribution in [0.3, 0.4) is 0 Å². The molecule has 104 valence electrons.